The lowest BCUT2D eigenvalue weighted by Gasteiger charge is -2.25. The Morgan fingerprint density at radius 2 is 0.618 bits per heavy atom. The molecule has 8 nitrogen and oxygen atoms in total. The van der Waals surface area contributed by atoms with Crippen molar-refractivity contribution >= 4 is 13.7 Å². The SMILES string of the molecule is CCCCCCCCCCCCCCCCCCCCCC/C=C/CC/C=C/CC/C=C/C(O)C(COP(=O)(O)OCC[N+](C)(C)C)NC(=O)CCCCCCCCCCCCCCCCCCCCCCCCCCCCCCCCCCCCCCC. The van der Waals surface area contributed by atoms with E-state index < -0.39 is 20.0 Å². The van der Waals surface area contributed by atoms with E-state index in [1.54, 1.807) is 6.08 Å². The first-order valence-electron chi connectivity index (χ1n) is 39.9. The summed E-state index contributed by atoms with van der Waals surface area (Å²) in [5.41, 5.74) is 0. The van der Waals surface area contributed by atoms with Gasteiger partial charge in [0.25, 0.3) is 0 Å². The molecule has 0 aromatic heterocycles. The van der Waals surface area contributed by atoms with Gasteiger partial charge in [0, 0.05) is 6.42 Å². The number of carbonyl (C=O) groups is 1. The number of quaternary nitrogens is 1. The standard InChI is InChI=1S/C80H157N2O6P/c1-6-8-10-12-14-16-18-20-22-24-26-28-30-32-34-36-38-39-40-41-42-43-44-46-48-50-52-54-56-58-60-62-64-66-68-70-72-74-80(84)81-78(77-88-89(85,86)87-76-75-82(3,4)5)79(83)73-71-69-67-65-63-61-59-57-55-53-51-49-47-45-37-35-33-31-29-27-25-23-21-19-17-15-13-11-9-7-2/h55,57,63,65,71,73,78-79,83H,6-54,56,58-62,64,66-70,72,74-77H2,1-5H3,(H-,81,84,85,86)/p+1/b57-55+,65-63+,73-71+. The van der Waals surface area contributed by atoms with E-state index in [-0.39, 0.29) is 19.1 Å². The fourth-order valence-corrected chi connectivity index (χ4v) is 13.2. The van der Waals surface area contributed by atoms with Crippen molar-refractivity contribution in [2.24, 2.45) is 0 Å². The predicted molar refractivity (Wildman–Crippen MR) is 392 cm³/mol. The Morgan fingerprint density at radius 3 is 0.899 bits per heavy atom. The van der Waals surface area contributed by atoms with Crippen LogP contribution in [0.25, 0.3) is 0 Å². The first kappa shape index (κ1) is 87.7. The number of hydrogen-bond acceptors (Lipinski definition) is 5. The highest BCUT2D eigenvalue weighted by Crippen LogP contribution is 2.43. The molecule has 1 amide bonds. The van der Waals surface area contributed by atoms with Crippen LogP contribution in [0, 0.1) is 0 Å². The van der Waals surface area contributed by atoms with E-state index in [0.717, 1.165) is 44.9 Å². The van der Waals surface area contributed by atoms with E-state index in [0.29, 0.717) is 17.4 Å². The number of nitrogens with zero attached hydrogens (tertiary/aromatic N) is 1. The summed E-state index contributed by atoms with van der Waals surface area (Å²) < 4.78 is 23.8. The topological polar surface area (TPSA) is 105 Å². The van der Waals surface area contributed by atoms with Crippen molar-refractivity contribution in [3.8, 4) is 0 Å². The van der Waals surface area contributed by atoms with Crippen LogP contribution >= 0.6 is 7.82 Å². The second kappa shape index (κ2) is 71.0. The van der Waals surface area contributed by atoms with Crippen LogP contribution in [0.2, 0.25) is 0 Å². The van der Waals surface area contributed by atoms with Crippen molar-refractivity contribution < 1.29 is 32.9 Å². The van der Waals surface area contributed by atoms with Gasteiger partial charge in [0.2, 0.25) is 5.91 Å². The third-order valence-electron chi connectivity index (χ3n) is 18.6. The molecule has 0 saturated heterocycles. The minimum atomic E-state index is -4.37. The zero-order valence-corrected chi connectivity index (χ0v) is 61.6. The van der Waals surface area contributed by atoms with Crippen molar-refractivity contribution in [1.82, 2.24) is 5.32 Å². The van der Waals surface area contributed by atoms with Crippen molar-refractivity contribution in [1.29, 1.82) is 0 Å². The summed E-state index contributed by atoms with van der Waals surface area (Å²) in [5, 5.41) is 14.0. The van der Waals surface area contributed by atoms with Crippen LogP contribution in [0.3, 0.4) is 0 Å². The zero-order chi connectivity index (χ0) is 64.8. The summed E-state index contributed by atoms with van der Waals surface area (Å²) in [5.74, 6) is -0.182. The number of aliphatic hydroxyl groups excluding tert-OH is 1. The summed E-state index contributed by atoms with van der Waals surface area (Å²) in [4.78, 5) is 23.5. The Kier molecular flexibility index (Phi) is 70.0. The van der Waals surface area contributed by atoms with Crippen LogP contribution in [0.15, 0.2) is 36.5 Å². The largest absolute Gasteiger partial charge is 0.472 e. The number of carbonyl (C=O) groups excluding carboxylic acids is 1. The molecule has 0 heterocycles. The normalized spacial score (nSPS) is 13.7. The van der Waals surface area contributed by atoms with Crippen LogP contribution < -0.4 is 5.32 Å². The van der Waals surface area contributed by atoms with E-state index in [1.807, 2.05) is 27.2 Å². The molecule has 0 spiro atoms. The first-order chi connectivity index (χ1) is 43.5. The molecule has 0 fully saturated rings. The van der Waals surface area contributed by atoms with Crippen molar-refractivity contribution in [3.05, 3.63) is 36.5 Å². The summed E-state index contributed by atoms with van der Waals surface area (Å²) in [7, 11) is 1.57. The lowest BCUT2D eigenvalue weighted by molar-refractivity contribution is -0.870. The van der Waals surface area contributed by atoms with Gasteiger partial charge < -0.3 is 19.8 Å². The highest BCUT2D eigenvalue weighted by molar-refractivity contribution is 7.47. The van der Waals surface area contributed by atoms with Crippen molar-refractivity contribution in [2.75, 3.05) is 40.9 Å². The molecule has 3 N–H and O–H groups in total. The second-order valence-corrected chi connectivity index (χ2v) is 30.2. The molecule has 89 heavy (non-hydrogen) atoms. The number of phosphoric acid groups is 1. The molecule has 0 saturated carbocycles. The van der Waals surface area contributed by atoms with Gasteiger partial charge in [0.1, 0.15) is 13.2 Å². The number of nitrogens with one attached hydrogen (secondary N) is 1. The molecule has 9 heteroatoms. The maximum absolute atomic E-state index is 13.1. The van der Waals surface area contributed by atoms with Gasteiger partial charge in [-0.15, -0.1) is 0 Å². The summed E-state index contributed by atoms with van der Waals surface area (Å²) in [6.07, 6.45) is 96.4. The molecule has 528 valence electrons. The lowest BCUT2D eigenvalue weighted by Crippen LogP contribution is -2.45. The maximum Gasteiger partial charge on any atom is 0.472 e. The zero-order valence-electron chi connectivity index (χ0n) is 60.7. The molecule has 0 aromatic carbocycles. The molecule has 0 aromatic rings. The monoisotopic (exact) mass is 1270 g/mol. The van der Waals surface area contributed by atoms with E-state index in [1.165, 1.54) is 353 Å². The van der Waals surface area contributed by atoms with Crippen molar-refractivity contribution in [2.45, 2.75) is 431 Å². The van der Waals surface area contributed by atoms with Gasteiger partial charge in [0.05, 0.1) is 39.9 Å². The van der Waals surface area contributed by atoms with Gasteiger partial charge in [-0.05, 0) is 44.9 Å². The van der Waals surface area contributed by atoms with Crippen LogP contribution in [-0.4, -0.2) is 73.4 Å². The molecule has 0 bridgehead atoms. The Hall–Kier alpha value is -1.28. The maximum atomic E-state index is 13.1. The van der Waals surface area contributed by atoms with Crippen LogP contribution in [0.1, 0.15) is 418 Å². The summed E-state index contributed by atoms with van der Waals surface area (Å²) >= 11 is 0. The fraction of sp³-hybridized carbons (Fsp3) is 0.912. The number of hydrogen-bond donors (Lipinski definition) is 3. The summed E-state index contributed by atoms with van der Waals surface area (Å²) in [6.45, 7) is 4.86. The van der Waals surface area contributed by atoms with Gasteiger partial charge in [-0.2, -0.15) is 0 Å². The smallest absolute Gasteiger partial charge is 0.387 e. The number of allylic oxidation sites excluding steroid dienone is 5. The highest BCUT2D eigenvalue weighted by atomic mass is 31.2. The average molecular weight is 1280 g/mol. The van der Waals surface area contributed by atoms with Gasteiger partial charge in [0.15, 0.2) is 0 Å². The van der Waals surface area contributed by atoms with E-state index >= 15 is 0 Å². The Labute approximate surface area is 557 Å². The number of likely N-dealkylation sites (N-methyl/N-ethyl adjacent to an activating group) is 1. The first-order valence-corrected chi connectivity index (χ1v) is 41.4. The van der Waals surface area contributed by atoms with Gasteiger partial charge in [-0.3, -0.25) is 13.8 Å². The third-order valence-corrected chi connectivity index (χ3v) is 19.6. The predicted octanol–water partition coefficient (Wildman–Crippen LogP) is 26.0. The van der Waals surface area contributed by atoms with Crippen molar-refractivity contribution in [3.63, 3.8) is 0 Å². The average Bonchev–Trinajstić information content (AvgIpc) is 3.68. The Bertz CT molecular complexity index is 1550. The molecule has 3 atom stereocenters. The summed E-state index contributed by atoms with van der Waals surface area (Å²) in [6, 6.07) is -0.870. The number of aliphatic hydroxyl groups is 1. The minimum Gasteiger partial charge on any atom is -0.387 e. The van der Waals surface area contributed by atoms with Crippen LogP contribution in [0.5, 0.6) is 0 Å². The van der Waals surface area contributed by atoms with Gasteiger partial charge in [-0.25, -0.2) is 4.57 Å². The second-order valence-electron chi connectivity index (χ2n) is 28.8. The Morgan fingerprint density at radius 1 is 0.371 bits per heavy atom. The van der Waals surface area contributed by atoms with Crippen LogP contribution in [-0.2, 0) is 18.4 Å². The van der Waals surface area contributed by atoms with Gasteiger partial charge in [-0.1, -0.05) is 403 Å². The highest BCUT2D eigenvalue weighted by Gasteiger charge is 2.28. The molecule has 0 aliphatic carbocycles. The molecular formula is C80H158N2O6P+. The number of amides is 1. The minimum absolute atomic E-state index is 0.0556. The van der Waals surface area contributed by atoms with E-state index in [9.17, 15) is 19.4 Å². The molecule has 3 unspecified atom stereocenters. The molecule has 0 rings (SSSR count). The molecule has 0 aliphatic rings. The molecular weight excluding hydrogens is 1120 g/mol. The molecule has 0 radical (unpaired) electrons. The lowest BCUT2D eigenvalue weighted by atomic mass is 10.0. The molecule has 0 aliphatic heterocycles. The van der Waals surface area contributed by atoms with E-state index in [2.05, 4.69) is 43.5 Å². The number of unbranched alkanes of at least 4 members (excludes halogenated alkanes) is 58. The Balaban J connectivity index is 3.98. The number of phosphoric ester groups is 1. The number of rotatable bonds is 75. The van der Waals surface area contributed by atoms with Gasteiger partial charge >= 0.3 is 7.82 Å². The quantitative estimate of drug-likeness (QED) is 0.0243. The van der Waals surface area contributed by atoms with Crippen LogP contribution in [0.4, 0.5) is 0 Å². The fourth-order valence-electron chi connectivity index (χ4n) is 12.4. The third kappa shape index (κ3) is 74.0. The van der Waals surface area contributed by atoms with E-state index in [4.69, 9.17) is 9.05 Å².